The SMILES string of the molecule is Nc1c(Cl)cc(C(=O)NCC2(F)CCNCC2)c2occc12. The van der Waals surface area contributed by atoms with Crippen LogP contribution in [0.1, 0.15) is 23.2 Å². The van der Waals surface area contributed by atoms with Gasteiger partial charge in [-0.2, -0.15) is 0 Å². The van der Waals surface area contributed by atoms with Gasteiger partial charge >= 0.3 is 0 Å². The molecular formula is C15H17ClFN3O2. The Morgan fingerprint density at radius 2 is 2.23 bits per heavy atom. The lowest BCUT2D eigenvalue weighted by atomic mass is 9.94. The predicted molar refractivity (Wildman–Crippen MR) is 83.9 cm³/mol. The summed E-state index contributed by atoms with van der Waals surface area (Å²) in [7, 11) is 0. The van der Waals surface area contributed by atoms with Gasteiger partial charge in [0.25, 0.3) is 5.91 Å². The van der Waals surface area contributed by atoms with E-state index in [4.69, 9.17) is 21.8 Å². The van der Waals surface area contributed by atoms with Gasteiger partial charge < -0.3 is 20.8 Å². The molecule has 1 saturated heterocycles. The van der Waals surface area contributed by atoms with Crippen LogP contribution in [0.25, 0.3) is 11.0 Å². The lowest BCUT2D eigenvalue weighted by Crippen LogP contribution is -2.46. The van der Waals surface area contributed by atoms with Crippen molar-refractivity contribution in [2.45, 2.75) is 18.5 Å². The number of amides is 1. The van der Waals surface area contributed by atoms with E-state index in [2.05, 4.69) is 10.6 Å². The molecule has 1 aliphatic rings. The summed E-state index contributed by atoms with van der Waals surface area (Å²) in [6, 6.07) is 3.10. The maximum Gasteiger partial charge on any atom is 0.255 e. The summed E-state index contributed by atoms with van der Waals surface area (Å²) < 4.78 is 19.8. The number of piperidine rings is 1. The number of hydrogen-bond acceptors (Lipinski definition) is 4. The van der Waals surface area contributed by atoms with Crippen molar-refractivity contribution in [1.29, 1.82) is 0 Å². The third-order valence-corrected chi connectivity index (χ3v) is 4.35. The number of nitrogens with two attached hydrogens (primary N) is 1. The summed E-state index contributed by atoms with van der Waals surface area (Å²) >= 11 is 6.04. The van der Waals surface area contributed by atoms with Crippen molar-refractivity contribution in [2.75, 3.05) is 25.4 Å². The fraction of sp³-hybridized carbons (Fsp3) is 0.400. The van der Waals surface area contributed by atoms with Crippen molar-refractivity contribution in [3.05, 3.63) is 29.0 Å². The number of rotatable bonds is 3. The highest BCUT2D eigenvalue weighted by Gasteiger charge is 2.32. The first-order valence-corrected chi connectivity index (χ1v) is 7.51. The maximum atomic E-state index is 14.5. The number of anilines is 1. The minimum atomic E-state index is -1.37. The average Bonchev–Trinajstić information content (AvgIpc) is 2.99. The quantitative estimate of drug-likeness (QED) is 0.757. The van der Waals surface area contributed by atoms with Crippen LogP contribution in [0.15, 0.2) is 22.8 Å². The molecule has 0 spiro atoms. The molecule has 1 amide bonds. The van der Waals surface area contributed by atoms with E-state index in [1.54, 1.807) is 6.07 Å². The number of nitrogen functional groups attached to an aromatic ring is 1. The van der Waals surface area contributed by atoms with Gasteiger partial charge in [0.15, 0.2) is 0 Å². The zero-order valence-corrected chi connectivity index (χ0v) is 12.7. The fourth-order valence-corrected chi connectivity index (χ4v) is 2.89. The summed E-state index contributed by atoms with van der Waals surface area (Å²) in [6.45, 7) is 1.20. The number of alkyl halides is 1. The second-order valence-corrected chi connectivity index (χ2v) is 5.97. The van der Waals surface area contributed by atoms with E-state index in [0.29, 0.717) is 42.6 Å². The van der Waals surface area contributed by atoms with Gasteiger partial charge in [0.2, 0.25) is 0 Å². The van der Waals surface area contributed by atoms with Gasteiger partial charge in [-0.3, -0.25) is 4.79 Å². The molecule has 1 fully saturated rings. The predicted octanol–water partition coefficient (Wildman–Crippen LogP) is 2.49. The van der Waals surface area contributed by atoms with Gasteiger partial charge in [-0.25, -0.2) is 4.39 Å². The second-order valence-electron chi connectivity index (χ2n) is 5.57. The van der Waals surface area contributed by atoms with Gasteiger partial charge in [0.05, 0.1) is 29.1 Å². The molecule has 0 saturated carbocycles. The molecule has 1 aromatic carbocycles. The molecule has 1 aromatic heterocycles. The molecule has 22 heavy (non-hydrogen) atoms. The monoisotopic (exact) mass is 325 g/mol. The third-order valence-electron chi connectivity index (χ3n) is 4.04. The van der Waals surface area contributed by atoms with E-state index in [-0.39, 0.29) is 17.1 Å². The molecule has 2 aromatic rings. The molecule has 5 nitrogen and oxygen atoms in total. The molecule has 2 heterocycles. The third kappa shape index (κ3) is 2.76. The molecule has 0 aliphatic carbocycles. The molecule has 1 aliphatic heterocycles. The minimum absolute atomic E-state index is 0.0300. The normalized spacial score (nSPS) is 17.5. The highest BCUT2D eigenvalue weighted by atomic mass is 35.5. The number of nitrogens with one attached hydrogen (secondary N) is 2. The standard InChI is InChI=1S/C15H17ClFN3O2/c16-11-7-10(13-9(12(11)18)1-6-22-13)14(21)20-8-15(17)2-4-19-5-3-15/h1,6-7,19H,2-5,8,18H2,(H,20,21). The second kappa shape index (κ2) is 5.78. The van der Waals surface area contributed by atoms with Crippen LogP contribution in [0.4, 0.5) is 10.1 Å². The molecule has 0 radical (unpaired) electrons. The number of furan rings is 1. The zero-order valence-electron chi connectivity index (χ0n) is 11.9. The first-order valence-electron chi connectivity index (χ1n) is 7.13. The Labute approximate surface area is 132 Å². The van der Waals surface area contributed by atoms with Crippen LogP contribution in [0, 0.1) is 0 Å². The smallest absolute Gasteiger partial charge is 0.255 e. The Balaban J connectivity index is 1.81. The number of hydrogen-bond donors (Lipinski definition) is 3. The van der Waals surface area contributed by atoms with E-state index in [0.717, 1.165) is 0 Å². The van der Waals surface area contributed by atoms with Crippen LogP contribution in [-0.2, 0) is 0 Å². The fourth-order valence-electron chi connectivity index (χ4n) is 2.68. The Hall–Kier alpha value is -1.79. The van der Waals surface area contributed by atoms with Gasteiger partial charge in [0, 0.05) is 5.39 Å². The minimum Gasteiger partial charge on any atom is -0.463 e. The van der Waals surface area contributed by atoms with Crippen LogP contribution in [0.3, 0.4) is 0 Å². The average molecular weight is 326 g/mol. The number of halogens is 2. The van der Waals surface area contributed by atoms with Crippen molar-refractivity contribution in [3.8, 4) is 0 Å². The lowest BCUT2D eigenvalue weighted by Gasteiger charge is -2.30. The number of carbonyl (C=O) groups excluding carboxylic acids is 1. The Kier molecular flexibility index (Phi) is 3.97. The lowest BCUT2D eigenvalue weighted by molar-refractivity contribution is 0.0837. The van der Waals surface area contributed by atoms with Crippen molar-refractivity contribution in [3.63, 3.8) is 0 Å². The van der Waals surface area contributed by atoms with E-state index < -0.39 is 11.6 Å². The van der Waals surface area contributed by atoms with Crippen LogP contribution >= 0.6 is 11.6 Å². The summed E-state index contributed by atoms with van der Waals surface area (Å²) in [5.74, 6) is -0.419. The first-order chi connectivity index (χ1) is 10.5. The molecule has 0 atom stereocenters. The van der Waals surface area contributed by atoms with E-state index in [1.165, 1.54) is 12.3 Å². The highest BCUT2D eigenvalue weighted by molar-refractivity contribution is 6.35. The highest BCUT2D eigenvalue weighted by Crippen LogP contribution is 2.32. The van der Waals surface area contributed by atoms with Crippen LogP contribution in [0.5, 0.6) is 0 Å². The van der Waals surface area contributed by atoms with Gasteiger partial charge in [-0.15, -0.1) is 0 Å². The molecule has 4 N–H and O–H groups in total. The van der Waals surface area contributed by atoms with Crippen molar-refractivity contribution < 1.29 is 13.6 Å². The van der Waals surface area contributed by atoms with E-state index >= 15 is 0 Å². The molecule has 7 heteroatoms. The molecule has 0 unspecified atom stereocenters. The van der Waals surface area contributed by atoms with Crippen molar-refractivity contribution in [1.82, 2.24) is 10.6 Å². The number of carbonyl (C=O) groups is 1. The Bertz CT molecular complexity index is 710. The van der Waals surface area contributed by atoms with Gasteiger partial charge in [0.1, 0.15) is 11.3 Å². The summed E-state index contributed by atoms with van der Waals surface area (Å²) in [4.78, 5) is 12.4. The topological polar surface area (TPSA) is 80.3 Å². The molecule has 118 valence electrons. The van der Waals surface area contributed by atoms with Crippen LogP contribution < -0.4 is 16.4 Å². The van der Waals surface area contributed by atoms with Crippen molar-refractivity contribution >= 4 is 34.2 Å². The Morgan fingerprint density at radius 3 is 2.95 bits per heavy atom. The van der Waals surface area contributed by atoms with Crippen molar-refractivity contribution in [2.24, 2.45) is 0 Å². The van der Waals surface area contributed by atoms with Crippen LogP contribution in [0.2, 0.25) is 5.02 Å². The Morgan fingerprint density at radius 1 is 1.50 bits per heavy atom. The van der Waals surface area contributed by atoms with E-state index in [1.807, 2.05) is 0 Å². The van der Waals surface area contributed by atoms with E-state index in [9.17, 15) is 9.18 Å². The summed E-state index contributed by atoms with van der Waals surface area (Å²) in [6.07, 6.45) is 2.20. The number of fused-ring (bicyclic) bond motifs is 1. The molecule has 3 rings (SSSR count). The summed E-state index contributed by atoms with van der Waals surface area (Å²) in [5, 5.41) is 6.58. The number of benzene rings is 1. The summed E-state index contributed by atoms with van der Waals surface area (Å²) in [5.41, 5.74) is 5.46. The van der Waals surface area contributed by atoms with Crippen LogP contribution in [-0.4, -0.2) is 31.2 Å². The first kappa shape index (κ1) is 15.1. The van der Waals surface area contributed by atoms with Gasteiger partial charge in [-0.05, 0) is 38.1 Å². The molecule has 0 bridgehead atoms. The maximum absolute atomic E-state index is 14.5. The largest absolute Gasteiger partial charge is 0.463 e. The zero-order chi connectivity index (χ0) is 15.7. The van der Waals surface area contributed by atoms with Gasteiger partial charge in [-0.1, -0.05) is 11.6 Å². The molecular weight excluding hydrogens is 309 g/mol.